The van der Waals surface area contributed by atoms with Gasteiger partial charge in [-0.3, -0.25) is 19.5 Å². The standard InChI is InChI=1S/C22H27N5O2S/c1-23-22(26-14-12-25(13-15-26)19-9-6-16-30-19)24-10-4-5-11-27-20(28)17-7-2-3-8-18(17)21(27)29/h2-3,6-9,16H,4-5,10-15H2,1H3,(H,23,24). The van der Waals surface area contributed by atoms with Crippen LogP contribution < -0.4 is 10.2 Å². The van der Waals surface area contributed by atoms with E-state index in [4.69, 9.17) is 0 Å². The molecule has 1 fully saturated rings. The number of hydrogen-bond donors (Lipinski definition) is 1. The van der Waals surface area contributed by atoms with Crippen LogP contribution in [-0.2, 0) is 0 Å². The quantitative estimate of drug-likeness (QED) is 0.333. The zero-order valence-corrected chi connectivity index (χ0v) is 18.0. The lowest BCUT2D eigenvalue weighted by Crippen LogP contribution is -2.52. The molecule has 7 nitrogen and oxygen atoms in total. The van der Waals surface area contributed by atoms with Gasteiger partial charge in [0.1, 0.15) is 0 Å². The number of thiophene rings is 1. The lowest BCUT2D eigenvalue weighted by atomic mass is 10.1. The summed E-state index contributed by atoms with van der Waals surface area (Å²) >= 11 is 1.78. The minimum atomic E-state index is -0.178. The normalized spacial score (nSPS) is 17.0. The van der Waals surface area contributed by atoms with Gasteiger partial charge in [0.15, 0.2) is 5.96 Å². The Hall–Kier alpha value is -2.87. The molecule has 158 valence electrons. The minimum Gasteiger partial charge on any atom is -0.360 e. The van der Waals surface area contributed by atoms with Crippen molar-refractivity contribution in [2.75, 3.05) is 51.2 Å². The summed E-state index contributed by atoms with van der Waals surface area (Å²) in [6.45, 7) is 5.06. The van der Waals surface area contributed by atoms with E-state index in [2.05, 4.69) is 37.6 Å². The van der Waals surface area contributed by atoms with Crippen LogP contribution >= 0.6 is 11.3 Å². The number of carbonyl (C=O) groups excluding carboxylic acids is 2. The van der Waals surface area contributed by atoms with Gasteiger partial charge in [0, 0.05) is 46.3 Å². The van der Waals surface area contributed by atoms with Crippen molar-refractivity contribution in [1.29, 1.82) is 0 Å². The molecule has 0 atom stereocenters. The number of anilines is 1. The van der Waals surface area contributed by atoms with Crippen molar-refractivity contribution in [1.82, 2.24) is 15.1 Å². The number of unbranched alkanes of at least 4 members (excludes halogenated alkanes) is 1. The molecular weight excluding hydrogens is 398 g/mol. The summed E-state index contributed by atoms with van der Waals surface area (Å²) in [7, 11) is 1.81. The van der Waals surface area contributed by atoms with Crippen LogP contribution in [0, 0.1) is 0 Å². The Morgan fingerprint density at radius 3 is 2.30 bits per heavy atom. The van der Waals surface area contributed by atoms with Crippen molar-refractivity contribution in [2.24, 2.45) is 4.99 Å². The van der Waals surface area contributed by atoms with Gasteiger partial charge in [-0.25, -0.2) is 0 Å². The number of imide groups is 1. The Balaban J connectivity index is 1.18. The topological polar surface area (TPSA) is 68.2 Å². The number of nitrogens with zero attached hydrogens (tertiary/aromatic N) is 4. The van der Waals surface area contributed by atoms with Crippen LogP contribution in [-0.4, -0.2) is 73.9 Å². The molecule has 1 aromatic carbocycles. The summed E-state index contributed by atoms with van der Waals surface area (Å²) in [6, 6.07) is 11.3. The SMILES string of the molecule is CN=C(NCCCCN1C(=O)c2ccccc2C1=O)N1CCN(c2cccs2)CC1. The van der Waals surface area contributed by atoms with Crippen molar-refractivity contribution >= 4 is 34.1 Å². The van der Waals surface area contributed by atoms with Crippen molar-refractivity contribution < 1.29 is 9.59 Å². The Bertz CT molecular complexity index is 884. The molecule has 0 unspecified atom stereocenters. The maximum Gasteiger partial charge on any atom is 0.261 e. The number of amides is 2. The van der Waals surface area contributed by atoms with Crippen molar-refractivity contribution in [2.45, 2.75) is 12.8 Å². The number of carbonyl (C=O) groups is 2. The third kappa shape index (κ3) is 4.18. The van der Waals surface area contributed by atoms with E-state index in [0.717, 1.165) is 51.5 Å². The Morgan fingerprint density at radius 1 is 1.00 bits per heavy atom. The maximum absolute atomic E-state index is 12.4. The third-order valence-corrected chi connectivity index (χ3v) is 6.51. The van der Waals surface area contributed by atoms with Gasteiger partial charge < -0.3 is 15.1 Å². The highest BCUT2D eigenvalue weighted by molar-refractivity contribution is 7.14. The lowest BCUT2D eigenvalue weighted by molar-refractivity contribution is 0.0652. The molecule has 2 aliphatic heterocycles. The van der Waals surface area contributed by atoms with E-state index in [1.807, 2.05) is 7.05 Å². The first-order valence-electron chi connectivity index (χ1n) is 10.4. The molecule has 2 aromatic rings. The van der Waals surface area contributed by atoms with Gasteiger partial charge in [-0.1, -0.05) is 12.1 Å². The van der Waals surface area contributed by atoms with Crippen molar-refractivity contribution in [3.8, 4) is 0 Å². The second kappa shape index (κ2) is 9.30. The smallest absolute Gasteiger partial charge is 0.261 e. The minimum absolute atomic E-state index is 0.178. The fraction of sp³-hybridized carbons (Fsp3) is 0.409. The fourth-order valence-electron chi connectivity index (χ4n) is 3.96. The summed E-state index contributed by atoms with van der Waals surface area (Å²) < 4.78 is 0. The average molecular weight is 426 g/mol. The number of hydrogen-bond acceptors (Lipinski definition) is 5. The summed E-state index contributed by atoms with van der Waals surface area (Å²) in [4.78, 5) is 35.3. The number of benzene rings is 1. The summed E-state index contributed by atoms with van der Waals surface area (Å²) in [5.41, 5.74) is 1.03. The van der Waals surface area contributed by atoms with E-state index in [9.17, 15) is 9.59 Å². The maximum atomic E-state index is 12.4. The van der Waals surface area contributed by atoms with E-state index < -0.39 is 0 Å². The van der Waals surface area contributed by atoms with Crippen LogP contribution in [0.1, 0.15) is 33.6 Å². The van der Waals surface area contributed by atoms with Crippen LogP contribution in [0.25, 0.3) is 0 Å². The first-order valence-corrected chi connectivity index (χ1v) is 11.3. The van der Waals surface area contributed by atoms with Gasteiger partial charge in [0.2, 0.25) is 0 Å². The first kappa shape index (κ1) is 20.4. The highest BCUT2D eigenvalue weighted by Gasteiger charge is 2.34. The molecule has 0 aliphatic carbocycles. The Kier molecular flexibility index (Phi) is 6.32. The van der Waals surface area contributed by atoms with Gasteiger partial charge in [0.25, 0.3) is 11.8 Å². The van der Waals surface area contributed by atoms with Gasteiger partial charge in [0.05, 0.1) is 16.1 Å². The zero-order chi connectivity index (χ0) is 20.9. The predicted molar refractivity (Wildman–Crippen MR) is 121 cm³/mol. The van der Waals surface area contributed by atoms with E-state index in [0.29, 0.717) is 17.7 Å². The van der Waals surface area contributed by atoms with Gasteiger partial charge in [-0.15, -0.1) is 11.3 Å². The Labute approximate surface area is 181 Å². The van der Waals surface area contributed by atoms with Crippen LogP contribution in [0.5, 0.6) is 0 Å². The molecule has 2 aliphatic rings. The molecule has 2 amide bonds. The fourth-order valence-corrected chi connectivity index (χ4v) is 4.74. The summed E-state index contributed by atoms with van der Waals surface area (Å²) in [5, 5.41) is 6.87. The number of piperazine rings is 1. The second-order valence-corrected chi connectivity index (χ2v) is 8.34. The van der Waals surface area contributed by atoms with Crippen molar-refractivity contribution in [3.63, 3.8) is 0 Å². The molecule has 0 bridgehead atoms. The molecule has 3 heterocycles. The van der Waals surface area contributed by atoms with Crippen molar-refractivity contribution in [3.05, 3.63) is 52.9 Å². The molecule has 4 rings (SSSR count). The van der Waals surface area contributed by atoms with Crippen LogP contribution in [0.2, 0.25) is 0 Å². The van der Waals surface area contributed by atoms with E-state index >= 15 is 0 Å². The lowest BCUT2D eigenvalue weighted by Gasteiger charge is -2.37. The number of rotatable bonds is 6. The first-order chi connectivity index (χ1) is 14.7. The molecule has 0 spiro atoms. The van der Waals surface area contributed by atoms with E-state index in [1.54, 1.807) is 35.6 Å². The van der Waals surface area contributed by atoms with E-state index in [1.165, 1.54) is 9.90 Å². The molecule has 1 saturated heterocycles. The number of nitrogens with one attached hydrogen (secondary N) is 1. The third-order valence-electron chi connectivity index (χ3n) is 5.58. The van der Waals surface area contributed by atoms with Gasteiger partial charge in [-0.2, -0.15) is 0 Å². The van der Waals surface area contributed by atoms with Crippen LogP contribution in [0.3, 0.4) is 0 Å². The monoisotopic (exact) mass is 425 g/mol. The Morgan fingerprint density at radius 2 is 1.70 bits per heavy atom. The zero-order valence-electron chi connectivity index (χ0n) is 17.2. The van der Waals surface area contributed by atoms with Gasteiger partial charge in [-0.05, 0) is 42.5 Å². The molecular formula is C22H27N5O2S. The predicted octanol–water partition coefficient (Wildman–Crippen LogP) is 2.52. The molecule has 1 aromatic heterocycles. The van der Waals surface area contributed by atoms with E-state index in [-0.39, 0.29) is 11.8 Å². The molecule has 30 heavy (non-hydrogen) atoms. The van der Waals surface area contributed by atoms with Crippen LogP contribution in [0.15, 0.2) is 46.8 Å². The summed E-state index contributed by atoms with van der Waals surface area (Å²) in [5.74, 6) is 0.563. The van der Waals surface area contributed by atoms with Crippen LogP contribution in [0.4, 0.5) is 5.00 Å². The highest BCUT2D eigenvalue weighted by atomic mass is 32.1. The highest BCUT2D eigenvalue weighted by Crippen LogP contribution is 2.23. The number of fused-ring (bicyclic) bond motifs is 1. The molecule has 0 radical (unpaired) electrons. The number of aliphatic imine (C=N–C) groups is 1. The molecule has 1 N–H and O–H groups in total. The number of guanidine groups is 1. The molecule has 0 saturated carbocycles. The largest absolute Gasteiger partial charge is 0.360 e. The van der Waals surface area contributed by atoms with Gasteiger partial charge >= 0.3 is 0 Å². The summed E-state index contributed by atoms with van der Waals surface area (Å²) in [6.07, 6.45) is 1.63. The second-order valence-electron chi connectivity index (χ2n) is 7.41. The average Bonchev–Trinajstić information content (AvgIpc) is 3.40. The molecule has 8 heteroatoms.